The van der Waals surface area contributed by atoms with Gasteiger partial charge in [0.25, 0.3) is 5.91 Å². The van der Waals surface area contributed by atoms with Gasteiger partial charge >= 0.3 is 5.97 Å². The van der Waals surface area contributed by atoms with Crippen molar-refractivity contribution in [2.45, 2.75) is 44.9 Å². The van der Waals surface area contributed by atoms with Crippen LogP contribution >= 0.6 is 11.3 Å². The van der Waals surface area contributed by atoms with Crippen molar-refractivity contribution in [1.82, 2.24) is 5.32 Å². The molecule has 2 aliphatic rings. The number of carbonyl (C=O) groups is 2. The molecule has 6 heteroatoms. The Morgan fingerprint density at radius 3 is 2.68 bits per heavy atom. The highest BCUT2D eigenvalue weighted by molar-refractivity contribution is 7.16. The molecule has 2 aliphatic carbocycles. The molecule has 2 aromatic rings. The molecule has 1 heterocycles. The van der Waals surface area contributed by atoms with Gasteiger partial charge in [-0.1, -0.05) is 24.3 Å². The maximum atomic E-state index is 12.9. The van der Waals surface area contributed by atoms with E-state index in [2.05, 4.69) is 17.5 Å². The van der Waals surface area contributed by atoms with Crippen LogP contribution in [0.5, 0.6) is 0 Å². The van der Waals surface area contributed by atoms with Crippen LogP contribution in [0.1, 0.15) is 62.4 Å². The highest BCUT2D eigenvalue weighted by atomic mass is 32.1. The molecule has 3 N–H and O–H groups in total. The summed E-state index contributed by atoms with van der Waals surface area (Å²) >= 11 is 1.57. The fraction of sp³-hybridized carbons (Fsp3) is 0.360. The third-order valence-electron chi connectivity index (χ3n) is 6.05. The number of hydrogen-bond acceptors (Lipinski definition) is 5. The van der Waals surface area contributed by atoms with E-state index in [4.69, 9.17) is 10.5 Å². The summed E-state index contributed by atoms with van der Waals surface area (Å²) in [7, 11) is 1.39. The molecule has 0 radical (unpaired) electrons. The fourth-order valence-electron chi connectivity index (χ4n) is 4.28. The second kappa shape index (κ2) is 9.52. The molecule has 162 valence electrons. The predicted molar refractivity (Wildman–Crippen MR) is 124 cm³/mol. The average molecular weight is 437 g/mol. The minimum atomic E-state index is -0.314. The molecule has 4 rings (SSSR count). The molecular weight excluding hydrogens is 408 g/mol. The molecular formula is C25H28N2O3S. The molecule has 1 aromatic heterocycles. The number of ether oxygens (including phenoxy) is 1. The SMILES string of the molecule is COC(=O)c1ccc(CCC2C=CC(NC(=O)c3c(N)sc4c3CCCC4)=CC2)cc1. The lowest BCUT2D eigenvalue weighted by Crippen LogP contribution is -2.25. The van der Waals surface area contributed by atoms with Crippen LogP contribution in [-0.2, 0) is 24.0 Å². The molecule has 5 nitrogen and oxygen atoms in total. The van der Waals surface area contributed by atoms with Crippen molar-refractivity contribution in [1.29, 1.82) is 0 Å². The fourth-order valence-corrected chi connectivity index (χ4v) is 5.44. The Labute approximate surface area is 187 Å². The first-order valence-corrected chi connectivity index (χ1v) is 11.6. The van der Waals surface area contributed by atoms with Crippen molar-refractivity contribution in [2.24, 2.45) is 5.92 Å². The van der Waals surface area contributed by atoms with Crippen LogP contribution in [0.25, 0.3) is 0 Å². The van der Waals surface area contributed by atoms with Gasteiger partial charge in [0.2, 0.25) is 0 Å². The summed E-state index contributed by atoms with van der Waals surface area (Å²) in [4.78, 5) is 25.7. The van der Waals surface area contributed by atoms with Gasteiger partial charge in [-0.05, 0) is 80.2 Å². The van der Waals surface area contributed by atoms with Crippen molar-refractivity contribution < 1.29 is 14.3 Å². The lowest BCUT2D eigenvalue weighted by atomic mass is 9.92. The Bertz CT molecular complexity index is 1030. The summed E-state index contributed by atoms with van der Waals surface area (Å²) in [6, 6.07) is 7.57. The van der Waals surface area contributed by atoms with E-state index >= 15 is 0 Å². The van der Waals surface area contributed by atoms with Gasteiger partial charge in [0.1, 0.15) is 0 Å². The zero-order valence-corrected chi connectivity index (χ0v) is 18.6. The Kier molecular flexibility index (Phi) is 6.56. The normalized spacial score (nSPS) is 17.6. The Hall–Kier alpha value is -2.86. The Balaban J connectivity index is 1.30. The van der Waals surface area contributed by atoms with Gasteiger partial charge < -0.3 is 15.8 Å². The quantitative estimate of drug-likeness (QED) is 0.636. The van der Waals surface area contributed by atoms with Gasteiger partial charge in [-0.15, -0.1) is 11.3 Å². The van der Waals surface area contributed by atoms with E-state index in [1.807, 2.05) is 18.2 Å². The lowest BCUT2D eigenvalue weighted by molar-refractivity contribution is 0.0600. The van der Waals surface area contributed by atoms with Gasteiger partial charge in [0.15, 0.2) is 0 Å². The monoisotopic (exact) mass is 436 g/mol. The van der Waals surface area contributed by atoms with Gasteiger partial charge in [-0.25, -0.2) is 4.79 Å². The molecule has 0 aliphatic heterocycles. The Morgan fingerprint density at radius 2 is 1.97 bits per heavy atom. The first-order valence-electron chi connectivity index (χ1n) is 10.8. The number of carbonyl (C=O) groups excluding carboxylic acids is 2. The van der Waals surface area contributed by atoms with Crippen LogP contribution in [0.3, 0.4) is 0 Å². The number of nitrogens with one attached hydrogen (secondary N) is 1. The number of nitrogen functional groups attached to an aromatic ring is 1. The number of benzene rings is 1. The van der Waals surface area contributed by atoms with Crippen molar-refractivity contribution in [3.05, 3.63) is 75.3 Å². The second-order valence-corrected chi connectivity index (χ2v) is 9.28. The van der Waals surface area contributed by atoms with Crippen LogP contribution in [0, 0.1) is 5.92 Å². The van der Waals surface area contributed by atoms with Crippen LogP contribution in [0.2, 0.25) is 0 Å². The summed E-state index contributed by atoms with van der Waals surface area (Å²) < 4.78 is 4.74. The van der Waals surface area contributed by atoms with Crippen molar-refractivity contribution in [3.8, 4) is 0 Å². The second-order valence-electron chi connectivity index (χ2n) is 8.15. The van der Waals surface area contributed by atoms with Crippen LogP contribution in [0.15, 0.2) is 48.2 Å². The topological polar surface area (TPSA) is 81.4 Å². The van der Waals surface area contributed by atoms with Gasteiger partial charge in [0, 0.05) is 10.6 Å². The largest absolute Gasteiger partial charge is 0.465 e. The number of amides is 1. The van der Waals surface area contributed by atoms with E-state index in [0.717, 1.165) is 49.8 Å². The maximum absolute atomic E-state index is 12.9. The average Bonchev–Trinajstić information content (AvgIpc) is 3.14. The van der Waals surface area contributed by atoms with Crippen LogP contribution in [0.4, 0.5) is 5.00 Å². The number of aryl methyl sites for hydroxylation is 2. The van der Waals surface area contributed by atoms with Crippen LogP contribution in [-0.4, -0.2) is 19.0 Å². The molecule has 1 aromatic carbocycles. The third-order valence-corrected chi connectivity index (χ3v) is 7.17. The number of allylic oxidation sites excluding steroid dienone is 3. The first-order chi connectivity index (χ1) is 15.0. The van der Waals surface area contributed by atoms with E-state index in [-0.39, 0.29) is 11.9 Å². The van der Waals surface area contributed by atoms with E-state index in [9.17, 15) is 9.59 Å². The minimum Gasteiger partial charge on any atom is -0.465 e. The van der Waals surface area contributed by atoms with E-state index in [0.29, 0.717) is 22.0 Å². The number of esters is 1. The number of methoxy groups -OCH3 is 1. The number of nitrogens with two attached hydrogens (primary N) is 1. The smallest absolute Gasteiger partial charge is 0.337 e. The van der Waals surface area contributed by atoms with Crippen molar-refractivity contribution in [3.63, 3.8) is 0 Å². The summed E-state index contributed by atoms with van der Waals surface area (Å²) in [5.74, 6) is 0.0306. The molecule has 0 bridgehead atoms. The standard InChI is InChI=1S/C25H28N2O3S/c1-30-25(29)18-12-8-16(9-13-18)6-7-17-10-14-19(15-11-17)27-24(28)22-20-4-2-3-5-21(20)31-23(22)26/h8-10,12-15,17H,2-7,11,26H2,1H3,(H,27,28). The van der Waals surface area contributed by atoms with Gasteiger partial charge in [-0.3, -0.25) is 4.79 Å². The van der Waals surface area contributed by atoms with E-state index in [1.54, 1.807) is 23.5 Å². The lowest BCUT2D eigenvalue weighted by Gasteiger charge is -2.18. The molecule has 1 atom stereocenters. The zero-order chi connectivity index (χ0) is 21.8. The Morgan fingerprint density at radius 1 is 1.19 bits per heavy atom. The van der Waals surface area contributed by atoms with E-state index in [1.165, 1.54) is 24.0 Å². The summed E-state index contributed by atoms with van der Waals surface area (Å²) in [6.07, 6.45) is 13.4. The summed E-state index contributed by atoms with van der Waals surface area (Å²) in [5.41, 5.74) is 10.6. The maximum Gasteiger partial charge on any atom is 0.337 e. The van der Waals surface area contributed by atoms with Crippen LogP contribution < -0.4 is 11.1 Å². The summed E-state index contributed by atoms with van der Waals surface area (Å²) in [5, 5.41) is 3.69. The van der Waals surface area contributed by atoms with E-state index < -0.39 is 0 Å². The number of fused-ring (bicyclic) bond motifs is 1. The number of thiophene rings is 1. The predicted octanol–water partition coefficient (Wildman–Crippen LogP) is 4.82. The minimum absolute atomic E-state index is 0.0862. The van der Waals surface area contributed by atoms with Crippen molar-refractivity contribution in [2.75, 3.05) is 12.8 Å². The zero-order valence-electron chi connectivity index (χ0n) is 17.8. The highest BCUT2D eigenvalue weighted by Crippen LogP contribution is 2.36. The molecule has 0 saturated heterocycles. The number of anilines is 1. The highest BCUT2D eigenvalue weighted by Gasteiger charge is 2.24. The first kappa shape index (κ1) is 21.4. The molecule has 31 heavy (non-hydrogen) atoms. The third kappa shape index (κ3) is 4.90. The number of hydrogen-bond donors (Lipinski definition) is 2. The van der Waals surface area contributed by atoms with Gasteiger partial charge in [0.05, 0.1) is 23.2 Å². The van der Waals surface area contributed by atoms with Crippen molar-refractivity contribution >= 4 is 28.2 Å². The molecule has 0 fully saturated rings. The molecule has 0 saturated carbocycles. The number of rotatable bonds is 6. The molecule has 1 amide bonds. The molecule has 1 unspecified atom stereocenters. The molecule has 0 spiro atoms. The van der Waals surface area contributed by atoms with Gasteiger partial charge in [-0.2, -0.15) is 0 Å². The summed E-state index contributed by atoms with van der Waals surface area (Å²) in [6.45, 7) is 0.